The Kier molecular flexibility index (Phi) is 8.18. The van der Waals surface area contributed by atoms with Crippen LogP contribution in [0.25, 0.3) is 0 Å². The van der Waals surface area contributed by atoms with Crippen molar-refractivity contribution in [3.63, 3.8) is 0 Å². The Bertz CT molecular complexity index is 383. The van der Waals surface area contributed by atoms with Gasteiger partial charge < -0.3 is 19.5 Å². The zero-order chi connectivity index (χ0) is 14.8. The summed E-state index contributed by atoms with van der Waals surface area (Å²) in [5.41, 5.74) is 2.14. The number of methoxy groups -OCH3 is 1. The predicted octanol–water partition coefficient (Wildman–Crippen LogP) is 1.93. The Labute approximate surface area is 121 Å². The lowest BCUT2D eigenvalue weighted by Crippen LogP contribution is -2.22. The van der Waals surface area contributed by atoms with Crippen LogP contribution in [0.2, 0.25) is 0 Å². The fraction of sp³-hybridized carbons (Fsp3) is 0.667. The van der Waals surface area contributed by atoms with Gasteiger partial charge in [0.15, 0.2) is 0 Å². The van der Waals surface area contributed by atoms with E-state index in [1.165, 1.54) is 5.56 Å². The molecule has 0 aromatic carbocycles. The molecule has 0 aliphatic rings. The summed E-state index contributed by atoms with van der Waals surface area (Å²) in [5.74, 6) is 0.654. The maximum Gasteiger partial charge on any atom is 0.213 e. The van der Waals surface area contributed by atoms with Gasteiger partial charge in [-0.2, -0.15) is 0 Å². The number of aromatic nitrogens is 1. The summed E-state index contributed by atoms with van der Waals surface area (Å²) in [6.07, 6.45) is 0. The van der Waals surface area contributed by atoms with E-state index in [1.807, 2.05) is 13.0 Å². The first kappa shape index (κ1) is 16.9. The van der Waals surface area contributed by atoms with E-state index in [-0.39, 0.29) is 0 Å². The van der Waals surface area contributed by atoms with Crippen LogP contribution < -0.4 is 10.1 Å². The molecule has 0 aliphatic heterocycles. The first-order chi connectivity index (χ1) is 9.61. The Hall–Kier alpha value is -1.17. The molecule has 1 rings (SSSR count). The van der Waals surface area contributed by atoms with Crippen LogP contribution in [0.1, 0.15) is 25.1 Å². The third-order valence-electron chi connectivity index (χ3n) is 2.61. The van der Waals surface area contributed by atoms with Crippen LogP contribution in [-0.2, 0) is 16.0 Å². The minimum absolute atomic E-state index is 0.460. The van der Waals surface area contributed by atoms with E-state index in [2.05, 4.69) is 30.2 Å². The van der Waals surface area contributed by atoms with Crippen LogP contribution in [0, 0.1) is 6.92 Å². The SMILES string of the molecule is COCCOCCOc1cc(CNC(C)C)cc(C)n1. The van der Waals surface area contributed by atoms with Crippen molar-refractivity contribution < 1.29 is 14.2 Å². The number of aryl methyl sites for hydroxylation is 1. The molecule has 1 heterocycles. The summed E-state index contributed by atoms with van der Waals surface area (Å²) in [5, 5.41) is 3.38. The average Bonchev–Trinajstić information content (AvgIpc) is 2.40. The quantitative estimate of drug-likeness (QED) is 0.665. The van der Waals surface area contributed by atoms with Gasteiger partial charge >= 0.3 is 0 Å². The zero-order valence-corrected chi connectivity index (χ0v) is 12.9. The molecule has 1 N–H and O–H groups in total. The number of pyridine rings is 1. The lowest BCUT2D eigenvalue weighted by atomic mass is 10.2. The molecule has 0 bridgehead atoms. The Morgan fingerprint density at radius 1 is 1.15 bits per heavy atom. The smallest absolute Gasteiger partial charge is 0.213 e. The van der Waals surface area contributed by atoms with Crippen LogP contribution in [-0.4, -0.2) is 44.6 Å². The minimum Gasteiger partial charge on any atom is -0.475 e. The zero-order valence-electron chi connectivity index (χ0n) is 12.9. The van der Waals surface area contributed by atoms with E-state index in [4.69, 9.17) is 14.2 Å². The van der Waals surface area contributed by atoms with Crippen molar-refractivity contribution in [1.82, 2.24) is 10.3 Å². The summed E-state index contributed by atoms with van der Waals surface area (Å²) in [6.45, 7) is 9.28. The summed E-state index contributed by atoms with van der Waals surface area (Å²) < 4.78 is 15.9. The molecular weight excluding hydrogens is 256 g/mol. The van der Waals surface area contributed by atoms with E-state index in [0.717, 1.165) is 12.2 Å². The Morgan fingerprint density at radius 3 is 2.60 bits per heavy atom. The van der Waals surface area contributed by atoms with Gasteiger partial charge in [0.05, 0.1) is 19.8 Å². The summed E-state index contributed by atoms with van der Waals surface area (Å²) in [6, 6.07) is 4.50. The molecule has 5 heteroatoms. The minimum atomic E-state index is 0.460. The molecule has 0 radical (unpaired) electrons. The van der Waals surface area contributed by atoms with Gasteiger partial charge in [-0.1, -0.05) is 13.8 Å². The van der Waals surface area contributed by atoms with Crippen LogP contribution >= 0.6 is 0 Å². The monoisotopic (exact) mass is 282 g/mol. The van der Waals surface area contributed by atoms with Gasteiger partial charge in [-0.25, -0.2) is 4.98 Å². The van der Waals surface area contributed by atoms with Gasteiger partial charge in [0, 0.05) is 31.5 Å². The molecule has 0 atom stereocenters. The van der Waals surface area contributed by atoms with Crippen LogP contribution in [0.3, 0.4) is 0 Å². The normalized spacial score (nSPS) is 11.1. The van der Waals surface area contributed by atoms with Crippen molar-refractivity contribution in [1.29, 1.82) is 0 Å². The molecule has 1 aromatic heterocycles. The molecule has 1 aromatic rings. The molecule has 114 valence electrons. The Balaban J connectivity index is 2.37. The van der Waals surface area contributed by atoms with E-state index in [0.29, 0.717) is 38.3 Å². The van der Waals surface area contributed by atoms with Crippen LogP contribution in [0.15, 0.2) is 12.1 Å². The van der Waals surface area contributed by atoms with E-state index < -0.39 is 0 Å². The van der Waals surface area contributed by atoms with E-state index in [9.17, 15) is 0 Å². The van der Waals surface area contributed by atoms with Crippen molar-refractivity contribution >= 4 is 0 Å². The fourth-order valence-electron chi connectivity index (χ4n) is 1.65. The van der Waals surface area contributed by atoms with Crippen molar-refractivity contribution in [2.75, 3.05) is 33.5 Å². The molecule has 20 heavy (non-hydrogen) atoms. The Morgan fingerprint density at radius 2 is 1.90 bits per heavy atom. The lowest BCUT2D eigenvalue weighted by Gasteiger charge is -2.11. The molecular formula is C15H26N2O3. The summed E-state index contributed by atoms with van der Waals surface area (Å²) >= 11 is 0. The van der Waals surface area contributed by atoms with Gasteiger partial charge in [-0.15, -0.1) is 0 Å². The number of ether oxygens (including phenoxy) is 3. The molecule has 0 saturated heterocycles. The second kappa shape index (κ2) is 9.69. The van der Waals surface area contributed by atoms with E-state index in [1.54, 1.807) is 7.11 Å². The standard InChI is InChI=1S/C15H26N2O3/c1-12(2)16-11-14-9-13(3)17-15(10-14)20-8-7-19-6-5-18-4/h9-10,12,16H,5-8,11H2,1-4H3. The van der Waals surface area contributed by atoms with Gasteiger partial charge in [-0.3, -0.25) is 0 Å². The van der Waals surface area contributed by atoms with Crippen molar-refractivity contribution in [2.45, 2.75) is 33.4 Å². The second-order valence-electron chi connectivity index (χ2n) is 4.94. The predicted molar refractivity (Wildman–Crippen MR) is 79.1 cm³/mol. The number of nitrogens with zero attached hydrogens (tertiary/aromatic N) is 1. The van der Waals surface area contributed by atoms with Gasteiger partial charge in [0.25, 0.3) is 0 Å². The third-order valence-corrected chi connectivity index (χ3v) is 2.61. The molecule has 0 aliphatic carbocycles. The topological polar surface area (TPSA) is 52.6 Å². The fourth-order valence-corrected chi connectivity index (χ4v) is 1.65. The van der Waals surface area contributed by atoms with Crippen molar-refractivity contribution in [3.05, 3.63) is 23.4 Å². The molecule has 0 saturated carbocycles. The van der Waals surface area contributed by atoms with Crippen molar-refractivity contribution in [2.24, 2.45) is 0 Å². The number of nitrogens with one attached hydrogen (secondary N) is 1. The molecule has 0 amide bonds. The number of rotatable bonds is 10. The maximum absolute atomic E-state index is 5.61. The molecule has 0 unspecified atom stereocenters. The second-order valence-corrected chi connectivity index (χ2v) is 4.94. The molecule has 0 spiro atoms. The van der Waals surface area contributed by atoms with Crippen LogP contribution in [0.5, 0.6) is 5.88 Å². The molecule has 5 nitrogen and oxygen atoms in total. The highest BCUT2D eigenvalue weighted by atomic mass is 16.5. The summed E-state index contributed by atoms with van der Waals surface area (Å²) in [7, 11) is 1.66. The van der Waals surface area contributed by atoms with E-state index >= 15 is 0 Å². The van der Waals surface area contributed by atoms with Gasteiger partial charge in [0.1, 0.15) is 6.61 Å². The van der Waals surface area contributed by atoms with Crippen molar-refractivity contribution in [3.8, 4) is 5.88 Å². The van der Waals surface area contributed by atoms with Crippen LogP contribution in [0.4, 0.5) is 0 Å². The highest BCUT2D eigenvalue weighted by Gasteiger charge is 2.02. The molecule has 0 fully saturated rings. The largest absolute Gasteiger partial charge is 0.475 e. The lowest BCUT2D eigenvalue weighted by molar-refractivity contribution is 0.0536. The average molecular weight is 282 g/mol. The highest BCUT2D eigenvalue weighted by Crippen LogP contribution is 2.12. The first-order valence-electron chi connectivity index (χ1n) is 7.02. The number of hydrogen-bond donors (Lipinski definition) is 1. The first-order valence-corrected chi connectivity index (χ1v) is 7.02. The maximum atomic E-state index is 5.61. The third kappa shape index (κ3) is 7.43. The summed E-state index contributed by atoms with van der Waals surface area (Å²) in [4.78, 5) is 4.36. The van der Waals surface area contributed by atoms with Gasteiger partial charge in [-0.05, 0) is 18.6 Å². The van der Waals surface area contributed by atoms with Gasteiger partial charge in [0.2, 0.25) is 5.88 Å². The number of hydrogen-bond acceptors (Lipinski definition) is 5. The highest BCUT2D eigenvalue weighted by molar-refractivity contribution is 5.24.